The van der Waals surface area contributed by atoms with Gasteiger partial charge in [-0.25, -0.2) is 0 Å². The molecule has 3 rings (SSSR count). The molecule has 6 nitrogen and oxygen atoms in total. The largest absolute Gasteiger partial charge is 0.351 e. The number of nitrogens with zero attached hydrogens (tertiary/aromatic N) is 1. The number of unbranched alkanes of at least 4 members (excludes halogenated alkanes) is 5. The van der Waals surface area contributed by atoms with Crippen LogP contribution in [0.1, 0.15) is 106 Å². The third-order valence-electron chi connectivity index (χ3n) is 7.69. The number of rotatable bonds is 11. The molecule has 0 radical (unpaired) electrons. The van der Waals surface area contributed by atoms with E-state index in [2.05, 4.69) is 17.6 Å². The Bertz CT molecular complexity index is 840. The number of carbonyl (C=O) groups excluding carboxylic acids is 3. The topological polar surface area (TPSA) is 78.5 Å². The maximum Gasteiger partial charge on any atom is 0.251 e. The molecule has 0 aromatic heterocycles. The van der Waals surface area contributed by atoms with Crippen molar-refractivity contribution >= 4 is 17.7 Å². The second-order valence-corrected chi connectivity index (χ2v) is 10.5. The number of hydrogen-bond donors (Lipinski definition) is 2. The molecule has 0 bridgehead atoms. The number of nitrogens with one attached hydrogen (secondary N) is 2. The van der Waals surface area contributed by atoms with Gasteiger partial charge in [0.2, 0.25) is 11.8 Å². The molecule has 2 fully saturated rings. The van der Waals surface area contributed by atoms with E-state index in [1.807, 2.05) is 36.1 Å². The summed E-state index contributed by atoms with van der Waals surface area (Å²) in [5, 5.41) is 6.43. The summed E-state index contributed by atoms with van der Waals surface area (Å²) in [6, 6.07) is 7.48. The molecule has 1 aromatic rings. The predicted octanol–water partition coefficient (Wildman–Crippen LogP) is 5.14. The lowest BCUT2D eigenvalue weighted by Crippen LogP contribution is -2.55. The molecular formula is C29H45N3O3. The van der Waals surface area contributed by atoms with Crippen LogP contribution in [0.5, 0.6) is 0 Å². The second kappa shape index (κ2) is 14.3. The summed E-state index contributed by atoms with van der Waals surface area (Å²) in [6.07, 6.45) is 13.2. The molecule has 35 heavy (non-hydrogen) atoms. The van der Waals surface area contributed by atoms with Crippen LogP contribution in [0.25, 0.3) is 0 Å². The van der Waals surface area contributed by atoms with Gasteiger partial charge in [-0.1, -0.05) is 70.1 Å². The molecule has 194 valence electrons. The minimum absolute atomic E-state index is 0.0316. The zero-order chi connectivity index (χ0) is 25.0. The van der Waals surface area contributed by atoms with Gasteiger partial charge in [-0.3, -0.25) is 14.4 Å². The molecule has 6 heteroatoms. The number of amides is 3. The van der Waals surface area contributed by atoms with E-state index in [1.165, 1.54) is 25.7 Å². The van der Waals surface area contributed by atoms with Gasteiger partial charge in [-0.2, -0.15) is 0 Å². The Morgan fingerprint density at radius 1 is 0.886 bits per heavy atom. The summed E-state index contributed by atoms with van der Waals surface area (Å²) in [4.78, 5) is 40.7. The molecule has 0 spiro atoms. The quantitative estimate of drug-likeness (QED) is 0.428. The van der Waals surface area contributed by atoms with Crippen molar-refractivity contribution in [3.63, 3.8) is 0 Å². The number of aryl methyl sites for hydroxylation is 1. The third-order valence-corrected chi connectivity index (χ3v) is 7.69. The van der Waals surface area contributed by atoms with Gasteiger partial charge in [0, 0.05) is 37.2 Å². The number of carbonyl (C=O) groups is 3. The van der Waals surface area contributed by atoms with Crippen LogP contribution in [0.2, 0.25) is 0 Å². The minimum Gasteiger partial charge on any atom is -0.351 e. The lowest BCUT2D eigenvalue weighted by atomic mass is 9.88. The summed E-state index contributed by atoms with van der Waals surface area (Å²) in [7, 11) is 0. The van der Waals surface area contributed by atoms with Gasteiger partial charge in [-0.15, -0.1) is 0 Å². The van der Waals surface area contributed by atoms with Crippen LogP contribution < -0.4 is 10.6 Å². The Morgan fingerprint density at radius 3 is 2.31 bits per heavy atom. The van der Waals surface area contributed by atoms with E-state index >= 15 is 0 Å². The highest BCUT2D eigenvalue weighted by molar-refractivity contribution is 5.95. The van der Waals surface area contributed by atoms with Gasteiger partial charge in [-0.05, 0) is 50.7 Å². The Morgan fingerprint density at radius 2 is 1.57 bits per heavy atom. The van der Waals surface area contributed by atoms with Crippen LogP contribution in [0, 0.1) is 12.8 Å². The molecule has 2 aliphatic rings. The van der Waals surface area contributed by atoms with Gasteiger partial charge >= 0.3 is 0 Å². The number of benzene rings is 1. The average Bonchev–Trinajstić information content (AvgIpc) is 2.87. The Labute approximate surface area is 211 Å². The Balaban J connectivity index is 1.48. The average molecular weight is 484 g/mol. The van der Waals surface area contributed by atoms with E-state index in [0.29, 0.717) is 18.5 Å². The van der Waals surface area contributed by atoms with Crippen molar-refractivity contribution in [3.8, 4) is 0 Å². The number of piperidine rings is 1. The van der Waals surface area contributed by atoms with E-state index in [9.17, 15) is 14.4 Å². The first-order valence-electron chi connectivity index (χ1n) is 13.9. The molecule has 1 heterocycles. The molecule has 1 aliphatic heterocycles. The second-order valence-electron chi connectivity index (χ2n) is 10.5. The van der Waals surface area contributed by atoms with Crippen molar-refractivity contribution in [1.82, 2.24) is 15.5 Å². The smallest absolute Gasteiger partial charge is 0.251 e. The van der Waals surface area contributed by atoms with Crippen LogP contribution in [0.4, 0.5) is 0 Å². The molecule has 1 saturated heterocycles. The Hall–Kier alpha value is -2.37. The predicted molar refractivity (Wildman–Crippen MR) is 140 cm³/mol. The summed E-state index contributed by atoms with van der Waals surface area (Å²) in [6.45, 7) is 5.44. The van der Waals surface area contributed by atoms with E-state index in [0.717, 1.165) is 63.5 Å². The van der Waals surface area contributed by atoms with Gasteiger partial charge in [0.25, 0.3) is 5.91 Å². The summed E-state index contributed by atoms with van der Waals surface area (Å²) >= 11 is 0. The monoisotopic (exact) mass is 483 g/mol. The molecule has 2 N–H and O–H groups in total. The van der Waals surface area contributed by atoms with Crippen LogP contribution in [0.15, 0.2) is 24.3 Å². The van der Waals surface area contributed by atoms with Crippen molar-refractivity contribution in [1.29, 1.82) is 0 Å². The normalized spacial score (nSPS) is 22.5. The van der Waals surface area contributed by atoms with E-state index < -0.39 is 0 Å². The first kappa shape index (κ1) is 27.2. The first-order chi connectivity index (χ1) is 17.0. The van der Waals surface area contributed by atoms with Gasteiger partial charge in [0.15, 0.2) is 0 Å². The van der Waals surface area contributed by atoms with Crippen LogP contribution in [-0.2, 0) is 9.59 Å². The Kier molecular flexibility index (Phi) is 11.1. The molecule has 0 unspecified atom stereocenters. The fourth-order valence-electron chi connectivity index (χ4n) is 5.48. The molecule has 1 aliphatic carbocycles. The van der Waals surface area contributed by atoms with Gasteiger partial charge in [0.05, 0.1) is 5.92 Å². The molecule has 1 aromatic carbocycles. The summed E-state index contributed by atoms with van der Waals surface area (Å²) in [5.41, 5.74) is 1.64. The van der Waals surface area contributed by atoms with Crippen molar-refractivity contribution in [3.05, 3.63) is 35.4 Å². The van der Waals surface area contributed by atoms with E-state index in [1.54, 1.807) is 0 Å². The number of likely N-dealkylation sites (tertiary alicyclic amines) is 1. The third kappa shape index (κ3) is 8.36. The van der Waals surface area contributed by atoms with Crippen LogP contribution in [0.3, 0.4) is 0 Å². The van der Waals surface area contributed by atoms with Crippen molar-refractivity contribution in [2.75, 3.05) is 13.1 Å². The fraction of sp³-hybridized carbons (Fsp3) is 0.690. The molecule has 3 atom stereocenters. The standard InChI is InChI=1S/C29H45N3O3/c1-3-4-5-6-7-8-19-27(33)32-20-13-15-23(21-32)28(34)30-25-17-11-12-18-26(25)31-29(35)24-16-10-9-14-22(24)2/h9-10,14,16,23,25-26H,3-8,11-13,15,17-21H2,1-2H3,(H,30,34)(H,31,35)/t23-,25-,26-/m1/s1. The first-order valence-corrected chi connectivity index (χ1v) is 13.9. The molecular weight excluding hydrogens is 438 g/mol. The van der Waals surface area contributed by atoms with Crippen molar-refractivity contribution in [2.45, 2.75) is 109 Å². The van der Waals surface area contributed by atoms with Gasteiger partial charge < -0.3 is 15.5 Å². The number of hydrogen-bond acceptors (Lipinski definition) is 3. The van der Waals surface area contributed by atoms with E-state index in [-0.39, 0.29) is 35.7 Å². The molecule has 1 saturated carbocycles. The highest BCUT2D eigenvalue weighted by atomic mass is 16.2. The fourth-order valence-corrected chi connectivity index (χ4v) is 5.48. The van der Waals surface area contributed by atoms with Gasteiger partial charge in [0.1, 0.15) is 0 Å². The van der Waals surface area contributed by atoms with E-state index in [4.69, 9.17) is 0 Å². The zero-order valence-electron chi connectivity index (χ0n) is 21.8. The lowest BCUT2D eigenvalue weighted by molar-refractivity contribution is -0.136. The van der Waals surface area contributed by atoms with Crippen molar-refractivity contribution < 1.29 is 14.4 Å². The highest BCUT2D eigenvalue weighted by Gasteiger charge is 2.33. The maximum absolute atomic E-state index is 13.2. The lowest BCUT2D eigenvalue weighted by Gasteiger charge is -2.36. The zero-order valence-corrected chi connectivity index (χ0v) is 21.8. The SMILES string of the molecule is CCCCCCCCC(=O)N1CCC[C@@H](C(=O)N[C@@H]2CCCC[C@H]2NC(=O)c2ccccc2C)C1. The maximum atomic E-state index is 13.2. The van der Waals surface area contributed by atoms with Crippen LogP contribution >= 0.6 is 0 Å². The van der Waals surface area contributed by atoms with Crippen LogP contribution in [-0.4, -0.2) is 47.8 Å². The summed E-state index contributed by atoms with van der Waals surface area (Å²) < 4.78 is 0. The molecule has 3 amide bonds. The van der Waals surface area contributed by atoms with Crippen molar-refractivity contribution in [2.24, 2.45) is 5.92 Å². The minimum atomic E-state index is -0.160. The summed E-state index contributed by atoms with van der Waals surface area (Å²) in [5.74, 6) is -0.00610. The highest BCUT2D eigenvalue weighted by Crippen LogP contribution is 2.23.